The Balaban J connectivity index is 2.64. The summed E-state index contributed by atoms with van der Waals surface area (Å²) in [6.45, 7) is 4.11. The SMILES string of the molecule is CC(Cl)C(C)Cc1cccc(O)c1. The van der Waals surface area contributed by atoms with Crippen molar-refractivity contribution in [2.75, 3.05) is 0 Å². The van der Waals surface area contributed by atoms with Gasteiger partial charge >= 0.3 is 0 Å². The highest BCUT2D eigenvalue weighted by molar-refractivity contribution is 6.20. The number of hydrogen-bond acceptors (Lipinski definition) is 1. The van der Waals surface area contributed by atoms with E-state index in [1.807, 2.05) is 19.1 Å². The fourth-order valence-electron chi connectivity index (χ4n) is 1.22. The molecule has 0 spiro atoms. The van der Waals surface area contributed by atoms with Crippen LogP contribution < -0.4 is 0 Å². The van der Waals surface area contributed by atoms with Gasteiger partial charge in [0, 0.05) is 5.38 Å². The molecule has 0 fully saturated rings. The lowest BCUT2D eigenvalue weighted by molar-refractivity contribution is 0.473. The third-order valence-electron chi connectivity index (χ3n) is 2.25. The summed E-state index contributed by atoms with van der Waals surface area (Å²) in [6.07, 6.45) is 0.916. The lowest BCUT2D eigenvalue weighted by atomic mass is 9.98. The van der Waals surface area contributed by atoms with Gasteiger partial charge in [-0.05, 0) is 37.0 Å². The summed E-state index contributed by atoms with van der Waals surface area (Å²) >= 11 is 5.96. The second-order valence-corrected chi connectivity index (χ2v) is 4.22. The first-order valence-electron chi connectivity index (χ1n) is 4.51. The summed E-state index contributed by atoms with van der Waals surface area (Å²) in [4.78, 5) is 0. The summed E-state index contributed by atoms with van der Waals surface area (Å²) < 4.78 is 0. The lowest BCUT2D eigenvalue weighted by Gasteiger charge is -2.13. The largest absolute Gasteiger partial charge is 0.508 e. The van der Waals surface area contributed by atoms with Crippen LogP contribution in [0.3, 0.4) is 0 Å². The molecule has 1 rings (SSSR count). The maximum Gasteiger partial charge on any atom is 0.115 e. The smallest absolute Gasteiger partial charge is 0.115 e. The molecule has 0 saturated heterocycles. The molecule has 1 aromatic carbocycles. The second-order valence-electron chi connectivity index (χ2n) is 3.53. The number of aromatic hydroxyl groups is 1. The van der Waals surface area contributed by atoms with E-state index < -0.39 is 0 Å². The van der Waals surface area contributed by atoms with Gasteiger partial charge in [0.1, 0.15) is 5.75 Å². The Hall–Kier alpha value is -0.690. The molecule has 1 aromatic rings. The van der Waals surface area contributed by atoms with Gasteiger partial charge in [-0.15, -0.1) is 11.6 Å². The summed E-state index contributed by atoms with van der Waals surface area (Å²) in [5.74, 6) is 0.760. The zero-order valence-corrected chi connectivity index (χ0v) is 8.75. The van der Waals surface area contributed by atoms with Crippen LogP contribution in [0.5, 0.6) is 5.75 Å². The molecule has 2 unspecified atom stereocenters. The molecule has 72 valence electrons. The van der Waals surface area contributed by atoms with Crippen molar-refractivity contribution >= 4 is 11.6 Å². The first-order chi connectivity index (χ1) is 6.09. The maximum atomic E-state index is 9.23. The Bertz CT molecular complexity index is 271. The zero-order valence-electron chi connectivity index (χ0n) is 8.00. The Morgan fingerprint density at radius 2 is 2.08 bits per heavy atom. The molecule has 0 amide bonds. The standard InChI is InChI=1S/C11H15ClO/c1-8(9(2)12)6-10-4-3-5-11(13)7-10/h3-5,7-9,13H,6H2,1-2H3. The van der Waals surface area contributed by atoms with E-state index in [0.29, 0.717) is 11.7 Å². The molecule has 1 nitrogen and oxygen atoms in total. The summed E-state index contributed by atoms with van der Waals surface area (Å²) in [5, 5.41) is 9.40. The van der Waals surface area contributed by atoms with Gasteiger partial charge in [-0.25, -0.2) is 0 Å². The van der Waals surface area contributed by atoms with Gasteiger partial charge in [0.2, 0.25) is 0 Å². The van der Waals surface area contributed by atoms with E-state index in [1.54, 1.807) is 12.1 Å². The van der Waals surface area contributed by atoms with Gasteiger partial charge < -0.3 is 5.11 Å². The van der Waals surface area contributed by atoms with Crippen molar-refractivity contribution in [3.63, 3.8) is 0 Å². The zero-order chi connectivity index (χ0) is 9.84. The topological polar surface area (TPSA) is 20.2 Å². The molecule has 0 heterocycles. The monoisotopic (exact) mass is 198 g/mol. The average molecular weight is 199 g/mol. The van der Waals surface area contributed by atoms with Crippen LogP contribution in [0, 0.1) is 5.92 Å². The van der Waals surface area contributed by atoms with E-state index in [9.17, 15) is 5.11 Å². The molecular weight excluding hydrogens is 184 g/mol. The van der Waals surface area contributed by atoms with Crippen LogP contribution in [0.25, 0.3) is 0 Å². The van der Waals surface area contributed by atoms with E-state index in [1.165, 1.54) is 0 Å². The third-order valence-corrected chi connectivity index (χ3v) is 2.68. The van der Waals surface area contributed by atoms with Crippen molar-refractivity contribution in [3.05, 3.63) is 29.8 Å². The van der Waals surface area contributed by atoms with Crippen molar-refractivity contribution in [1.29, 1.82) is 0 Å². The normalized spacial score (nSPS) is 15.3. The minimum Gasteiger partial charge on any atom is -0.508 e. The van der Waals surface area contributed by atoms with E-state index in [-0.39, 0.29) is 5.38 Å². The Morgan fingerprint density at radius 3 is 2.62 bits per heavy atom. The number of halogens is 1. The number of phenols is 1. The molecule has 2 heteroatoms. The fourth-order valence-corrected chi connectivity index (χ4v) is 1.31. The molecule has 13 heavy (non-hydrogen) atoms. The third kappa shape index (κ3) is 3.27. The van der Waals surface area contributed by atoms with Gasteiger partial charge in [0.15, 0.2) is 0 Å². The molecule has 0 aliphatic heterocycles. The Kier molecular flexibility index (Phi) is 3.61. The maximum absolute atomic E-state index is 9.23. The highest BCUT2D eigenvalue weighted by Gasteiger charge is 2.09. The average Bonchev–Trinajstić information content (AvgIpc) is 2.04. The van der Waals surface area contributed by atoms with Crippen LogP contribution in [-0.4, -0.2) is 10.5 Å². The van der Waals surface area contributed by atoms with E-state index in [4.69, 9.17) is 11.6 Å². The van der Waals surface area contributed by atoms with Crippen LogP contribution in [0.15, 0.2) is 24.3 Å². The summed E-state index contributed by atoms with van der Waals surface area (Å²) in [7, 11) is 0. The Morgan fingerprint density at radius 1 is 1.38 bits per heavy atom. The van der Waals surface area contributed by atoms with Crippen molar-refractivity contribution in [1.82, 2.24) is 0 Å². The summed E-state index contributed by atoms with van der Waals surface area (Å²) in [6, 6.07) is 7.33. The highest BCUT2D eigenvalue weighted by atomic mass is 35.5. The first-order valence-corrected chi connectivity index (χ1v) is 4.95. The van der Waals surface area contributed by atoms with Crippen molar-refractivity contribution in [2.45, 2.75) is 25.6 Å². The molecule has 0 aromatic heterocycles. The quantitative estimate of drug-likeness (QED) is 0.740. The predicted octanol–water partition coefficient (Wildman–Crippen LogP) is 3.20. The number of phenolic OH excluding ortho intramolecular Hbond substituents is 1. The molecule has 1 N–H and O–H groups in total. The highest BCUT2D eigenvalue weighted by Crippen LogP contribution is 2.18. The molecule has 0 saturated carbocycles. The molecule has 2 atom stereocenters. The van der Waals surface area contributed by atoms with Gasteiger partial charge in [-0.2, -0.15) is 0 Å². The molecule has 0 radical (unpaired) electrons. The van der Waals surface area contributed by atoms with Crippen molar-refractivity contribution in [3.8, 4) is 5.75 Å². The first kappa shape index (κ1) is 10.4. The number of alkyl halides is 1. The molecule has 0 bridgehead atoms. The van der Waals surface area contributed by atoms with E-state index in [0.717, 1.165) is 12.0 Å². The number of benzene rings is 1. The second kappa shape index (κ2) is 4.52. The molecule has 0 aliphatic carbocycles. The fraction of sp³-hybridized carbons (Fsp3) is 0.455. The minimum absolute atomic E-state index is 0.169. The minimum atomic E-state index is 0.169. The predicted molar refractivity (Wildman–Crippen MR) is 56.3 cm³/mol. The lowest BCUT2D eigenvalue weighted by Crippen LogP contribution is -2.09. The van der Waals surface area contributed by atoms with E-state index in [2.05, 4.69) is 6.92 Å². The van der Waals surface area contributed by atoms with E-state index >= 15 is 0 Å². The Labute approximate surface area is 84.4 Å². The molecular formula is C11H15ClO. The molecule has 0 aliphatic rings. The van der Waals surface area contributed by atoms with Crippen LogP contribution in [0.2, 0.25) is 0 Å². The van der Waals surface area contributed by atoms with Crippen LogP contribution in [0.1, 0.15) is 19.4 Å². The van der Waals surface area contributed by atoms with Gasteiger partial charge in [-0.1, -0.05) is 19.1 Å². The van der Waals surface area contributed by atoms with Gasteiger partial charge in [0.25, 0.3) is 0 Å². The number of hydrogen-bond donors (Lipinski definition) is 1. The van der Waals surface area contributed by atoms with Crippen LogP contribution in [-0.2, 0) is 6.42 Å². The summed E-state index contributed by atoms with van der Waals surface area (Å²) in [5.41, 5.74) is 1.14. The van der Waals surface area contributed by atoms with Crippen molar-refractivity contribution < 1.29 is 5.11 Å². The van der Waals surface area contributed by atoms with Crippen LogP contribution >= 0.6 is 11.6 Å². The van der Waals surface area contributed by atoms with Crippen LogP contribution in [0.4, 0.5) is 0 Å². The van der Waals surface area contributed by atoms with Crippen molar-refractivity contribution in [2.24, 2.45) is 5.92 Å². The number of rotatable bonds is 3. The van der Waals surface area contributed by atoms with Gasteiger partial charge in [0.05, 0.1) is 0 Å². The van der Waals surface area contributed by atoms with Gasteiger partial charge in [-0.3, -0.25) is 0 Å².